The fourth-order valence-corrected chi connectivity index (χ4v) is 3.83. The van der Waals surface area contributed by atoms with Crippen LogP contribution in [0.2, 0.25) is 0 Å². The number of piperidine rings is 1. The number of benzene rings is 1. The van der Waals surface area contributed by atoms with Crippen molar-refractivity contribution in [3.8, 4) is 11.7 Å². The van der Waals surface area contributed by atoms with Gasteiger partial charge >= 0.3 is 5.97 Å². The van der Waals surface area contributed by atoms with Crippen molar-refractivity contribution < 1.29 is 19.1 Å². The summed E-state index contributed by atoms with van der Waals surface area (Å²) in [6.07, 6.45) is 3.42. The molecule has 0 spiro atoms. The second-order valence-electron chi connectivity index (χ2n) is 7.80. The summed E-state index contributed by atoms with van der Waals surface area (Å²) in [5.74, 6) is 0.0418. The molecule has 0 radical (unpaired) electrons. The van der Waals surface area contributed by atoms with E-state index in [9.17, 15) is 9.59 Å². The van der Waals surface area contributed by atoms with Crippen LogP contribution in [0.5, 0.6) is 5.88 Å². The Morgan fingerprint density at radius 3 is 2.45 bits per heavy atom. The van der Waals surface area contributed by atoms with Crippen LogP contribution in [0.3, 0.4) is 0 Å². The fourth-order valence-electron chi connectivity index (χ4n) is 3.83. The van der Waals surface area contributed by atoms with E-state index >= 15 is 0 Å². The first-order valence-corrected chi connectivity index (χ1v) is 11.1. The van der Waals surface area contributed by atoms with Gasteiger partial charge in [0.25, 0.3) is 5.91 Å². The van der Waals surface area contributed by atoms with Crippen molar-refractivity contribution in [1.29, 1.82) is 0 Å². The van der Waals surface area contributed by atoms with Crippen molar-refractivity contribution in [2.45, 2.75) is 39.2 Å². The Morgan fingerprint density at radius 1 is 1.03 bits per heavy atom. The van der Waals surface area contributed by atoms with E-state index in [1.165, 1.54) is 10.9 Å². The summed E-state index contributed by atoms with van der Waals surface area (Å²) in [6.45, 7) is 5.44. The maximum atomic E-state index is 13.3. The Bertz CT molecular complexity index is 1090. The number of likely N-dealkylation sites (tertiary alicyclic amines) is 1. The van der Waals surface area contributed by atoms with Crippen LogP contribution in [0, 0.1) is 6.92 Å². The van der Waals surface area contributed by atoms with Crippen molar-refractivity contribution in [2.24, 2.45) is 0 Å². The van der Waals surface area contributed by atoms with Gasteiger partial charge in [0.1, 0.15) is 5.56 Å². The highest BCUT2D eigenvalue weighted by Gasteiger charge is 2.31. The summed E-state index contributed by atoms with van der Waals surface area (Å²) in [4.78, 5) is 28.2. The molecule has 3 aromatic rings. The SMILES string of the molecule is CCOc1ccc(-n2ncc(C(=O)O[C@H](C(=O)N3CCCCC3)c3ccccc3)c2C)nn1. The molecule has 1 aliphatic rings. The number of hydrogen-bond donors (Lipinski definition) is 0. The molecule has 1 amide bonds. The summed E-state index contributed by atoms with van der Waals surface area (Å²) < 4.78 is 12.6. The number of carbonyl (C=O) groups excluding carboxylic acids is 2. The Balaban J connectivity index is 1.56. The van der Waals surface area contributed by atoms with E-state index in [4.69, 9.17) is 9.47 Å². The zero-order valence-electron chi connectivity index (χ0n) is 18.8. The van der Waals surface area contributed by atoms with Crippen LogP contribution in [0.15, 0.2) is 48.7 Å². The molecule has 0 N–H and O–H groups in total. The van der Waals surface area contributed by atoms with Gasteiger partial charge in [-0.3, -0.25) is 4.79 Å². The van der Waals surface area contributed by atoms with Crippen LogP contribution in [0.4, 0.5) is 0 Å². The lowest BCUT2D eigenvalue weighted by Gasteiger charge is -2.30. The maximum Gasteiger partial charge on any atom is 0.342 e. The number of hydrogen-bond acceptors (Lipinski definition) is 7. The smallest absolute Gasteiger partial charge is 0.342 e. The normalized spacial score (nSPS) is 14.5. The lowest BCUT2D eigenvalue weighted by molar-refractivity contribution is -0.142. The average molecular weight is 450 g/mol. The van der Waals surface area contributed by atoms with Gasteiger partial charge in [-0.1, -0.05) is 30.3 Å². The molecule has 172 valence electrons. The van der Waals surface area contributed by atoms with Gasteiger partial charge in [0.05, 0.1) is 18.5 Å². The Kier molecular flexibility index (Phi) is 6.97. The minimum absolute atomic E-state index is 0.198. The molecule has 4 rings (SSSR count). The zero-order chi connectivity index (χ0) is 23.2. The number of ether oxygens (including phenoxy) is 2. The molecule has 1 atom stereocenters. The number of nitrogens with zero attached hydrogens (tertiary/aromatic N) is 5. The van der Waals surface area contributed by atoms with Crippen molar-refractivity contribution >= 4 is 11.9 Å². The molecule has 9 nitrogen and oxygen atoms in total. The van der Waals surface area contributed by atoms with E-state index in [1.54, 1.807) is 36.1 Å². The van der Waals surface area contributed by atoms with Crippen molar-refractivity contribution in [2.75, 3.05) is 19.7 Å². The lowest BCUT2D eigenvalue weighted by Crippen LogP contribution is -2.40. The molecule has 1 fully saturated rings. The van der Waals surface area contributed by atoms with E-state index in [1.807, 2.05) is 25.1 Å². The highest BCUT2D eigenvalue weighted by Crippen LogP contribution is 2.25. The minimum atomic E-state index is -1.01. The number of carbonyl (C=O) groups is 2. The molecule has 0 aliphatic carbocycles. The lowest BCUT2D eigenvalue weighted by atomic mass is 10.1. The third-order valence-electron chi connectivity index (χ3n) is 5.58. The molecule has 0 unspecified atom stereocenters. The van der Waals surface area contributed by atoms with Gasteiger partial charge in [0, 0.05) is 24.7 Å². The Morgan fingerprint density at radius 2 is 1.79 bits per heavy atom. The second kappa shape index (κ2) is 10.2. The largest absolute Gasteiger partial charge is 0.477 e. The van der Waals surface area contributed by atoms with Crippen LogP contribution >= 0.6 is 0 Å². The summed E-state index contributed by atoms with van der Waals surface area (Å²) in [5, 5.41) is 12.4. The maximum absolute atomic E-state index is 13.3. The van der Waals surface area contributed by atoms with Crippen molar-refractivity contribution in [1.82, 2.24) is 24.9 Å². The first-order valence-electron chi connectivity index (χ1n) is 11.1. The van der Waals surface area contributed by atoms with Gasteiger partial charge in [-0.15, -0.1) is 10.2 Å². The van der Waals surface area contributed by atoms with Crippen LogP contribution < -0.4 is 4.74 Å². The Labute approximate surface area is 192 Å². The predicted octanol–water partition coefficient (Wildman–Crippen LogP) is 3.28. The molecule has 3 heterocycles. The highest BCUT2D eigenvalue weighted by atomic mass is 16.5. The molecule has 33 heavy (non-hydrogen) atoms. The monoisotopic (exact) mass is 449 g/mol. The zero-order valence-corrected chi connectivity index (χ0v) is 18.8. The van der Waals surface area contributed by atoms with E-state index in [0.717, 1.165) is 19.3 Å². The van der Waals surface area contributed by atoms with Gasteiger partial charge in [-0.25, -0.2) is 9.48 Å². The fraction of sp³-hybridized carbons (Fsp3) is 0.375. The summed E-state index contributed by atoms with van der Waals surface area (Å²) in [7, 11) is 0. The quantitative estimate of drug-likeness (QED) is 0.510. The first-order chi connectivity index (χ1) is 16.1. The summed E-state index contributed by atoms with van der Waals surface area (Å²) in [6, 6.07) is 12.5. The van der Waals surface area contributed by atoms with Gasteiger partial charge in [-0.2, -0.15) is 5.10 Å². The van der Waals surface area contributed by atoms with Crippen molar-refractivity contribution in [3.05, 3.63) is 65.5 Å². The topological polar surface area (TPSA) is 99.4 Å². The summed E-state index contributed by atoms with van der Waals surface area (Å²) in [5.41, 5.74) is 1.44. The molecule has 9 heteroatoms. The third kappa shape index (κ3) is 5.02. The average Bonchev–Trinajstić information content (AvgIpc) is 3.25. The molecule has 1 aromatic carbocycles. The molecular weight excluding hydrogens is 422 g/mol. The van der Waals surface area contributed by atoms with Crippen LogP contribution in [0.1, 0.15) is 53.9 Å². The first kappa shape index (κ1) is 22.4. The van der Waals surface area contributed by atoms with E-state index in [2.05, 4.69) is 15.3 Å². The van der Waals surface area contributed by atoms with Gasteiger partial charge < -0.3 is 14.4 Å². The third-order valence-corrected chi connectivity index (χ3v) is 5.58. The number of rotatable bonds is 7. The van der Waals surface area contributed by atoms with Gasteiger partial charge in [0.2, 0.25) is 12.0 Å². The standard InChI is InChI=1S/C24H27N5O4/c1-3-32-21-13-12-20(26-27-21)29-17(2)19(16-25-29)24(31)33-22(18-10-6-4-7-11-18)23(30)28-14-8-5-9-15-28/h4,6-7,10-13,16,22H,3,5,8-9,14-15H2,1-2H3/t22-/m0/s1. The Hall–Kier alpha value is -3.75. The minimum Gasteiger partial charge on any atom is -0.477 e. The molecular formula is C24H27N5O4. The van der Waals surface area contributed by atoms with Crippen LogP contribution in [0.25, 0.3) is 5.82 Å². The van der Waals surface area contributed by atoms with Crippen molar-refractivity contribution in [3.63, 3.8) is 0 Å². The highest BCUT2D eigenvalue weighted by molar-refractivity contribution is 5.93. The molecule has 0 bridgehead atoms. The number of esters is 1. The second-order valence-corrected chi connectivity index (χ2v) is 7.80. The van der Waals surface area contributed by atoms with Gasteiger partial charge in [-0.05, 0) is 39.2 Å². The number of aromatic nitrogens is 4. The van der Waals surface area contributed by atoms with E-state index in [-0.39, 0.29) is 11.5 Å². The van der Waals surface area contributed by atoms with E-state index < -0.39 is 12.1 Å². The molecule has 0 saturated carbocycles. The predicted molar refractivity (Wildman–Crippen MR) is 120 cm³/mol. The molecule has 1 saturated heterocycles. The van der Waals surface area contributed by atoms with Gasteiger partial charge in [0.15, 0.2) is 5.82 Å². The molecule has 1 aliphatic heterocycles. The summed E-state index contributed by atoms with van der Waals surface area (Å²) >= 11 is 0. The van der Waals surface area contributed by atoms with Crippen LogP contribution in [-0.4, -0.2) is 56.5 Å². The van der Waals surface area contributed by atoms with Crippen LogP contribution in [-0.2, 0) is 9.53 Å². The number of amides is 1. The van der Waals surface area contributed by atoms with E-state index in [0.29, 0.717) is 42.7 Å². The molecule has 2 aromatic heterocycles.